The van der Waals surface area contributed by atoms with Gasteiger partial charge in [-0.2, -0.15) is 0 Å². The Balaban J connectivity index is 1.91. The van der Waals surface area contributed by atoms with Crippen LogP contribution in [0.2, 0.25) is 0 Å². The molecule has 1 atom stereocenters. The largest absolute Gasteiger partial charge is 0.473 e. The van der Waals surface area contributed by atoms with Crippen molar-refractivity contribution in [2.75, 3.05) is 6.61 Å². The fourth-order valence-corrected chi connectivity index (χ4v) is 1.41. The van der Waals surface area contributed by atoms with Crippen molar-refractivity contribution in [3.8, 4) is 0 Å². The van der Waals surface area contributed by atoms with E-state index in [1.807, 2.05) is 19.9 Å². The van der Waals surface area contributed by atoms with Crippen molar-refractivity contribution in [3.05, 3.63) is 12.3 Å². The maximum atomic E-state index is 5.48. The van der Waals surface area contributed by atoms with E-state index < -0.39 is 0 Å². The van der Waals surface area contributed by atoms with Crippen LogP contribution in [0.25, 0.3) is 0 Å². The summed E-state index contributed by atoms with van der Waals surface area (Å²) in [5.41, 5.74) is 0. The van der Waals surface area contributed by atoms with E-state index in [1.54, 1.807) is 6.26 Å². The van der Waals surface area contributed by atoms with E-state index in [9.17, 15) is 0 Å². The van der Waals surface area contributed by atoms with Gasteiger partial charge in [-0.25, -0.2) is 0 Å². The molecule has 0 aromatic rings. The fraction of sp³-hybridized carbons (Fsp3) is 0.818. The van der Waals surface area contributed by atoms with Crippen molar-refractivity contribution >= 4 is 0 Å². The molecular formula is C11H20O2. The van der Waals surface area contributed by atoms with Crippen LogP contribution in [0, 0.1) is 5.92 Å². The van der Waals surface area contributed by atoms with Gasteiger partial charge in [0.1, 0.15) is 0 Å². The lowest BCUT2D eigenvalue weighted by Crippen LogP contribution is -2.17. The highest BCUT2D eigenvalue weighted by Crippen LogP contribution is 2.29. The molecule has 0 amide bonds. The van der Waals surface area contributed by atoms with E-state index in [4.69, 9.17) is 9.47 Å². The molecule has 1 saturated carbocycles. The van der Waals surface area contributed by atoms with Crippen LogP contribution in [-0.4, -0.2) is 12.9 Å². The SMILES string of the molecule is CC=COC(C)OCCC1CCC1. The lowest BCUT2D eigenvalue weighted by atomic mass is 9.83. The van der Waals surface area contributed by atoms with Gasteiger partial charge >= 0.3 is 0 Å². The molecule has 1 fully saturated rings. The minimum atomic E-state index is -0.101. The summed E-state index contributed by atoms with van der Waals surface area (Å²) in [6.07, 6.45) is 8.84. The van der Waals surface area contributed by atoms with Crippen molar-refractivity contribution in [1.29, 1.82) is 0 Å². The molecule has 2 heteroatoms. The van der Waals surface area contributed by atoms with Gasteiger partial charge in [0.25, 0.3) is 0 Å². The third kappa shape index (κ3) is 4.32. The molecule has 13 heavy (non-hydrogen) atoms. The van der Waals surface area contributed by atoms with Crippen molar-refractivity contribution in [2.45, 2.75) is 45.8 Å². The highest BCUT2D eigenvalue weighted by atomic mass is 16.7. The van der Waals surface area contributed by atoms with Gasteiger partial charge in [0.15, 0.2) is 6.29 Å². The molecule has 0 spiro atoms. The Hall–Kier alpha value is -0.500. The van der Waals surface area contributed by atoms with Gasteiger partial charge < -0.3 is 9.47 Å². The predicted molar refractivity (Wildman–Crippen MR) is 53.3 cm³/mol. The Morgan fingerprint density at radius 2 is 2.23 bits per heavy atom. The number of allylic oxidation sites excluding steroid dienone is 1. The van der Waals surface area contributed by atoms with Crippen LogP contribution in [0.3, 0.4) is 0 Å². The van der Waals surface area contributed by atoms with Gasteiger partial charge in [0, 0.05) is 0 Å². The second-order valence-corrected chi connectivity index (χ2v) is 3.63. The summed E-state index contributed by atoms with van der Waals surface area (Å²) in [4.78, 5) is 0. The van der Waals surface area contributed by atoms with E-state index in [0.717, 1.165) is 12.5 Å². The molecule has 1 aliphatic rings. The first-order valence-electron chi connectivity index (χ1n) is 5.21. The van der Waals surface area contributed by atoms with Crippen molar-refractivity contribution in [1.82, 2.24) is 0 Å². The van der Waals surface area contributed by atoms with Crippen LogP contribution in [0.5, 0.6) is 0 Å². The molecule has 0 aromatic heterocycles. The Labute approximate surface area is 80.9 Å². The maximum Gasteiger partial charge on any atom is 0.196 e. The average Bonchev–Trinajstić information content (AvgIpc) is 2.06. The normalized spacial score (nSPS) is 20.2. The highest BCUT2D eigenvalue weighted by molar-refractivity contribution is 4.69. The topological polar surface area (TPSA) is 18.5 Å². The molecule has 0 heterocycles. The van der Waals surface area contributed by atoms with Gasteiger partial charge in [-0.05, 0) is 26.2 Å². The van der Waals surface area contributed by atoms with Crippen molar-refractivity contribution in [3.63, 3.8) is 0 Å². The van der Waals surface area contributed by atoms with Crippen LogP contribution >= 0.6 is 0 Å². The zero-order chi connectivity index (χ0) is 9.52. The molecule has 1 unspecified atom stereocenters. The summed E-state index contributed by atoms with van der Waals surface area (Å²) in [5.74, 6) is 0.925. The van der Waals surface area contributed by atoms with E-state index in [2.05, 4.69) is 0 Å². The lowest BCUT2D eigenvalue weighted by Gasteiger charge is -2.25. The van der Waals surface area contributed by atoms with E-state index in [1.165, 1.54) is 25.7 Å². The van der Waals surface area contributed by atoms with E-state index >= 15 is 0 Å². The van der Waals surface area contributed by atoms with Gasteiger partial charge in [0.05, 0.1) is 12.9 Å². The second kappa shape index (κ2) is 6.03. The molecule has 0 saturated heterocycles. The molecule has 0 radical (unpaired) electrons. The third-order valence-electron chi connectivity index (χ3n) is 2.51. The number of hydrogen-bond acceptors (Lipinski definition) is 2. The van der Waals surface area contributed by atoms with Crippen LogP contribution < -0.4 is 0 Å². The van der Waals surface area contributed by atoms with Gasteiger partial charge in [-0.1, -0.05) is 25.3 Å². The summed E-state index contributed by atoms with van der Waals surface area (Å²) in [6.45, 7) is 4.70. The fourth-order valence-electron chi connectivity index (χ4n) is 1.41. The zero-order valence-electron chi connectivity index (χ0n) is 8.66. The number of hydrogen-bond donors (Lipinski definition) is 0. The van der Waals surface area contributed by atoms with E-state index in [0.29, 0.717) is 0 Å². The predicted octanol–water partition coefficient (Wildman–Crippen LogP) is 3.09. The van der Waals surface area contributed by atoms with Crippen molar-refractivity contribution in [2.24, 2.45) is 5.92 Å². The molecule has 0 aliphatic heterocycles. The van der Waals surface area contributed by atoms with Gasteiger partial charge in [-0.3, -0.25) is 0 Å². The van der Waals surface area contributed by atoms with Crippen LogP contribution in [0.4, 0.5) is 0 Å². The monoisotopic (exact) mass is 184 g/mol. The van der Waals surface area contributed by atoms with Crippen LogP contribution in [0.15, 0.2) is 12.3 Å². The number of ether oxygens (including phenoxy) is 2. The molecule has 76 valence electrons. The highest BCUT2D eigenvalue weighted by Gasteiger charge is 2.16. The number of rotatable bonds is 6. The Morgan fingerprint density at radius 1 is 1.46 bits per heavy atom. The first-order chi connectivity index (χ1) is 6.33. The summed E-state index contributed by atoms with van der Waals surface area (Å²) < 4.78 is 10.7. The Kier molecular flexibility index (Phi) is 4.91. The lowest BCUT2D eigenvalue weighted by molar-refractivity contribution is -0.0974. The van der Waals surface area contributed by atoms with E-state index in [-0.39, 0.29) is 6.29 Å². The molecule has 0 aromatic carbocycles. The third-order valence-corrected chi connectivity index (χ3v) is 2.51. The molecule has 0 bridgehead atoms. The molecule has 2 nitrogen and oxygen atoms in total. The molecule has 1 aliphatic carbocycles. The van der Waals surface area contributed by atoms with Crippen LogP contribution in [-0.2, 0) is 9.47 Å². The summed E-state index contributed by atoms with van der Waals surface area (Å²) in [5, 5.41) is 0. The minimum Gasteiger partial charge on any atom is -0.473 e. The standard InChI is InChI=1S/C11H20O2/c1-3-8-12-10(2)13-9-7-11-5-4-6-11/h3,8,10-11H,4-7,9H2,1-2H3. The Morgan fingerprint density at radius 3 is 2.77 bits per heavy atom. The molecular weight excluding hydrogens is 164 g/mol. The summed E-state index contributed by atoms with van der Waals surface area (Å²) in [7, 11) is 0. The smallest absolute Gasteiger partial charge is 0.196 e. The zero-order valence-corrected chi connectivity index (χ0v) is 8.66. The summed E-state index contributed by atoms with van der Waals surface area (Å²) >= 11 is 0. The summed E-state index contributed by atoms with van der Waals surface area (Å²) in [6, 6.07) is 0. The Bertz CT molecular complexity index is 150. The molecule has 1 rings (SSSR count). The first kappa shape index (κ1) is 10.6. The molecule has 0 N–H and O–H groups in total. The second-order valence-electron chi connectivity index (χ2n) is 3.63. The first-order valence-corrected chi connectivity index (χ1v) is 5.21. The average molecular weight is 184 g/mol. The maximum absolute atomic E-state index is 5.48. The quantitative estimate of drug-likeness (QED) is 0.466. The van der Waals surface area contributed by atoms with Crippen LogP contribution in [0.1, 0.15) is 39.5 Å². The van der Waals surface area contributed by atoms with Crippen molar-refractivity contribution < 1.29 is 9.47 Å². The van der Waals surface area contributed by atoms with Gasteiger partial charge in [0.2, 0.25) is 0 Å². The minimum absolute atomic E-state index is 0.101. The van der Waals surface area contributed by atoms with Gasteiger partial charge in [-0.15, -0.1) is 0 Å².